The molecule has 0 N–H and O–H groups in total. The van der Waals surface area contributed by atoms with Gasteiger partial charge in [0.05, 0.1) is 17.9 Å². The average molecular weight is 256 g/mol. The standard InChI is InChI=1S/C12H14ClNO3/c1-3-17-12(16)9-6-4-5-7-10(9)14(2)11(15)8-13/h4-7H,3,8H2,1-2H3. The van der Waals surface area contributed by atoms with Crippen LogP contribution in [0.15, 0.2) is 24.3 Å². The molecular formula is C12H14ClNO3. The topological polar surface area (TPSA) is 46.6 Å². The smallest absolute Gasteiger partial charge is 0.340 e. The van der Waals surface area contributed by atoms with Crippen molar-refractivity contribution in [1.82, 2.24) is 0 Å². The van der Waals surface area contributed by atoms with Gasteiger partial charge in [0.2, 0.25) is 5.91 Å². The Hall–Kier alpha value is -1.55. The van der Waals surface area contributed by atoms with E-state index in [1.165, 1.54) is 4.90 Å². The number of para-hydroxylation sites is 1. The Labute approximate surface area is 105 Å². The van der Waals surface area contributed by atoms with Crippen LogP contribution in [-0.4, -0.2) is 31.4 Å². The first-order valence-electron chi connectivity index (χ1n) is 5.20. The number of alkyl halides is 1. The Morgan fingerprint density at radius 1 is 1.35 bits per heavy atom. The van der Waals surface area contributed by atoms with Gasteiger partial charge in [0.15, 0.2) is 0 Å². The number of halogens is 1. The summed E-state index contributed by atoms with van der Waals surface area (Å²) in [4.78, 5) is 24.5. The van der Waals surface area contributed by atoms with E-state index in [0.717, 1.165) is 0 Å². The zero-order chi connectivity index (χ0) is 12.8. The van der Waals surface area contributed by atoms with E-state index < -0.39 is 5.97 Å². The number of ether oxygens (including phenoxy) is 1. The molecule has 0 atom stereocenters. The van der Waals surface area contributed by atoms with E-state index in [1.54, 1.807) is 38.2 Å². The summed E-state index contributed by atoms with van der Waals surface area (Å²) in [5.41, 5.74) is 0.854. The van der Waals surface area contributed by atoms with Gasteiger partial charge in [-0.2, -0.15) is 0 Å². The van der Waals surface area contributed by atoms with Gasteiger partial charge in [-0.3, -0.25) is 4.79 Å². The van der Waals surface area contributed by atoms with E-state index in [9.17, 15) is 9.59 Å². The first-order valence-corrected chi connectivity index (χ1v) is 5.74. The molecule has 0 aliphatic rings. The molecule has 0 saturated heterocycles. The number of amides is 1. The molecule has 0 aromatic heterocycles. The molecular weight excluding hydrogens is 242 g/mol. The van der Waals surface area contributed by atoms with Crippen LogP contribution in [0.2, 0.25) is 0 Å². The number of rotatable bonds is 4. The molecule has 4 nitrogen and oxygen atoms in total. The molecule has 17 heavy (non-hydrogen) atoms. The number of hydrogen-bond donors (Lipinski definition) is 0. The highest BCUT2D eigenvalue weighted by Crippen LogP contribution is 2.20. The molecule has 92 valence electrons. The van der Waals surface area contributed by atoms with Gasteiger partial charge in [-0.1, -0.05) is 12.1 Å². The van der Waals surface area contributed by atoms with Crippen molar-refractivity contribution in [2.75, 3.05) is 24.4 Å². The van der Waals surface area contributed by atoms with Crippen LogP contribution in [0.1, 0.15) is 17.3 Å². The van der Waals surface area contributed by atoms with E-state index in [2.05, 4.69) is 0 Å². The summed E-state index contributed by atoms with van der Waals surface area (Å²) in [6.45, 7) is 2.02. The van der Waals surface area contributed by atoms with Gasteiger partial charge in [-0.05, 0) is 19.1 Å². The zero-order valence-corrected chi connectivity index (χ0v) is 10.5. The van der Waals surface area contributed by atoms with Crippen molar-refractivity contribution in [3.05, 3.63) is 29.8 Å². The van der Waals surface area contributed by atoms with Crippen LogP contribution in [0.5, 0.6) is 0 Å². The van der Waals surface area contributed by atoms with Crippen molar-refractivity contribution in [1.29, 1.82) is 0 Å². The Kier molecular flexibility index (Phi) is 4.97. The predicted molar refractivity (Wildman–Crippen MR) is 66.5 cm³/mol. The predicted octanol–water partition coefficient (Wildman–Crippen LogP) is 2.06. The van der Waals surface area contributed by atoms with Gasteiger partial charge in [0.1, 0.15) is 5.88 Å². The Morgan fingerprint density at radius 3 is 2.59 bits per heavy atom. The third kappa shape index (κ3) is 3.20. The number of anilines is 1. The zero-order valence-electron chi connectivity index (χ0n) is 9.77. The summed E-state index contributed by atoms with van der Waals surface area (Å²) in [5.74, 6) is -0.853. The van der Waals surface area contributed by atoms with Gasteiger partial charge in [-0.15, -0.1) is 11.6 Å². The molecule has 1 aromatic rings. The van der Waals surface area contributed by atoms with Crippen LogP contribution >= 0.6 is 11.6 Å². The van der Waals surface area contributed by atoms with Crippen LogP contribution in [0, 0.1) is 0 Å². The Balaban J connectivity index is 3.07. The molecule has 0 fully saturated rings. The van der Waals surface area contributed by atoms with E-state index in [4.69, 9.17) is 16.3 Å². The Bertz CT molecular complexity index is 420. The van der Waals surface area contributed by atoms with Gasteiger partial charge in [-0.25, -0.2) is 4.79 Å². The Morgan fingerprint density at radius 2 is 2.00 bits per heavy atom. The summed E-state index contributed by atoms with van der Waals surface area (Å²) in [7, 11) is 1.57. The molecule has 0 aliphatic carbocycles. The number of carbonyl (C=O) groups is 2. The lowest BCUT2D eigenvalue weighted by Crippen LogP contribution is -2.29. The molecule has 5 heteroatoms. The third-order valence-corrected chi connectivity index (χ3v) is 2.48. The molecule has 0 saturated carbocycles. The second-order valence-electron chi connectivity index (χ2n) is 3.32. The van der Waals surface area contributed by atoms with Crippen LogP contribution in [0.25, 0.3) is 0 Å². The summed E-state index contributed by atoms with van der Waals surface area (Å²) >= 11 is 5.48. The van der Waals surface area contributed by atoms with Crippen molar-refractivity contribution in [3.63, 3.8) is 0 Å². The lowest BCUT2D eigenvalue weighted by Gasteiger charge is -2.18. The summed E-state index contributed by atoms with van der Waals surface area (Å²) in [5, 5.41) is 0. The van der Waals surface area contributed by atoms with Crippen molar-refractivity contribution in [2.24, 2.45) is 0 Å². The molecule has 0 radical (unpaired) electrons. The van der Waals surface area contributed by atoms with E-state index in [-0.39, 0.29) is 11.8 Å². The van der Waals surface area contributed by atoms with Crippen molar-refractivity contribution >= 4 is 29.2 Å². The lowest BCUT2D eigenvalue weighted by atomic mass is 10.1. The third-order valence-electron chi connectivity index (χ3n) is 2.25. The fraction of sp³-hybridized carbons (Fsp3) is 0.333. The summed E-state index contributed by atoms with van der Waals surface area (Å²) in [6, 6.07) is 6.76. The molecule has 1 rings (SSSR count). The number of benzene rings is 1. The van der Waals surface area contributed by atoms with Crippen molar-refractivity contribution < 1.29 is 14.3 Å². The summed E-state index contributed by atoms with van der Waals surface area (Å²) in [6.07, 6.45) is 0. The van der Waals surface area contributed by atoms with E-state index >= 15 is 0 Å². The quantitative estimate of drug-likeness (QED) is 0.611. The molecule has 0 heterocycles. The minimum atomic E-state index is -0.447. The number of esters is 1. The number of carbonyl (C=O) groups excluding carboxylic acids is 2. The molecule has 0 aliphatic heterocycles. The van der Waals surface area contributed by atoms with Crippen LogP contribution < -0.4 is 4.90 Å². The van der Waals surface area contributed by atoms with Gasteiger partial charge in [0.25, 0.3) is 0 Å². The number of nitrogens with zero attached hydrogens (tertiary/aromatic N) is 1. The average Bonchev–Trinajstić information content (AvgIpc) is 2.37. The normalized spacial score (nSPS) is 9.82. The maximum atomic E-state index is 11.7. The summed E-state index contributed by atoms with van der Waals surface area (Å²) < 4.78 is 4.92. The molecule has 0 spiro atoms. The first-order chi connectivity index (χ1) is 8.11. The SMILES string of the molecule is CCOC(=O)c1ccccc1N(C)C(=O)CCl. The maximum Gasteiger partial charge on any atom is 0.340 e. The van der Waals surface area contributed by atoms with E-state index in [1.807, 2.05) is 0 Å². The first kappa shape index (κ1) is 13.5. The molecule has 0 unspecified atom stereocenters. The van der Waals surface area contributed by atoms with E-state index in [0.29, 0.717) is 17.9 Å². The van der Waals surface area contributed by atoms with Crippen LogP contribution in [-0.2, 0) is 9.53 Å². The van der Waals surface area contributed by atoms with Crippen LogP contribution in [0.4, 0.5) is 5.69 Å². The van der Waals surface area contributed by atoms with Crippen molar-refractivity contribution in [2.45, 2.75) is 6.92 Å². The van der Waals surface area contributed by atoms with Gasteiger partial charge < -0.3 is 9.64 Å². The molecule has 1 amide bonds. The second kappa shape index (κ2) is 6.25. The fourth-order valence-corrected chi connectivity index (χ4v) is 1.55. The minimum Gasteiger partial charge on any atom is -0.462 e. The monoisotopic (exact) mass is 255 g/mol. The highest BCUT2D eigenvalue weighted by molar-refractivity contribution is 6.29. The van der Waals surface area contributed by atoms with Gasteiger partial charge >= 0.3 is 5.97 Å². The second-order valence-corrected chi connectivity index (χ2v) is 3.59. The lowest BCUT2D eigenvalue weighted by molar-refractivity contribution is -0.116. The number of hydrogen-bond acceptors (Lipinski definition) is 3. The molecule has 0 bridgehead atoms. The molecule has 1 aromatic carbocycles. The fourth-order valence-electron chi connectivity index (χ4n) is 1.37. The van der Waals surface area contributed by atoms with Crippen LogP contribution in [0.3, 0.4) is 0 Å². The highest BCUT2D eigenvalue weighted by atomic mass is 35.5. The van der Waals surface area contributed by atoms with Crippen molar-refractivity contribution in [3.8, 4) is 0 Å². The maximum absolute atomic E-state index is 11.7. The van der Waals surface area contributed by atoms with Gasteiger partial charge in [0, 0.05) is 7.05 Å². The highest BCUT2D eigenvalue weighted by Gasteiger charge is 2.18. The largest absolute Gasteiger partial charge is 0.462 e. The minimum absolute atomic E-state index is 0.131.